The Kier molecular flexibility index (Phi) is 2.53. The Labute approximate surface area is 87.7 Å². The zero-order chi connectivity index (χ0) is 10.7. The van der Waals surface area contributed by atoms with E-state index in [1.807, 2.05) is 25.1 Å². The highest BCUT2D eigenvalue weighted by atomic mass is 15.2. The zero-order valence-corrected chi connectivity index (χ0v) is 8.49. The first-order valence-corrected chi connectivity index (χ1v) is 4.70. The number of nitrogens with two attached hydrogens (primary N) is 1. The topological polar surface area (TPSA) is 79.6 Å². The minimum absolute atomic E-state index is 0.615. The molecule has 0 amide bonds. The molecule has 0 saturated heterocycles. The van der Waals surface area contributed by atoms with E-state index >= 15 is 0 Å². The Morgan fingerprint density at radius 1 is 1.47 bits per heavy atom. The molecule has 0 aliphatic heterocycles. The molecule has 2 aromatic rings. The van der Waals surface area contributed by atoms with Crippen LogP contribution in [-0.2, 0) is 6.54 Å². The lowest BCUT2D eigenvalue weighted by Gasteiger charge is -2.08. The maximum absolute atomic E-state index is 5.70. The van der Waals surface area contributed by atoms with E-state index in [9.17, 15) is 0 Å². The van der Waals surface area contributed by atoms with Gasteiger partial charge in [0, 0.05) is 11.4 Å². The summed E-state index contributed by atoms with van der Waals surface area (Å²) in [5, 5.41) is 9.80. The maximum atomic E-state index is 5.70. The number of nitrogens with one attached hydrogen (secondary N) is 2. The summed E-state index contributed by atoms with van der Waals surface area (Å²) in [4.78, 5) is 4.02. The molecule has 0 saturated carbocycles. The van der Waals surface area contributed by atoms with Gasteiger partial charge in [-0.3, -0.25) is 5.10 Å². The van der Waals surface area contributed by atoms with Crippen molar-refractivity contribution in [1.29, 1.82) is 0 Å². The third-order valence-electron chi connectivity index (χ3n) is 2.17. The van der Waals surface area contributed by atoms with Crippen molar-refractivity contribution in [3.05, 3.63) is 35.9 Å². The van der Waals surface area contributed by atoms with Gasteiger partial charge in [-0.2, -0.15) is 5.10 Å². The van der Waals surface area contributed by atoms with Gasteiger partial charge >= 0.3 is 0 Å². The van der Waals surface area contributed by atoms with Crippen LogP contribution in [0.4, 0.5) is 11.4 Å². The molecule has 78 valence electrons. The van der Waals surface area contributed by atoms with Crippen molar-refractivity contribution in [2.24, 2.45) is 0 Å². The third-order valence-corrected chi connectivity index (χ3v) is 2.17. The standard InChI is InChI=1S/C10H13N5/c1-7-2-3-8(11)4-9(7)12-5-10-13-6-14-15-10/h2-4,6,12H,5,11H2,1H3,(H,13,14,15). The van der Waals surface area contributed by atoms with E-state index in [1.165, 1.54) is 6.33 Å². The van der Waals surface area contributed by atoms with Crippen molar-refractivity contribution >= 4 is 11.4 Å². The van der Waals surface area contributed by atoms with Gasteiger partial charge in [-0.1, -0.05) is 6.07 Å². The van der Waals surface area contributed by atoms with Crippen LogP contribution in [0, 0.1) is 6.92 Å². The van der Waals surface area contributed by atoms with E-state index in [0.717, 1.165) is 22.8 Å². The quantitative estimate of drug-likeness (QED) is 0.657. The number of hydrogen-bond donors (Lipinski definition) is 3. The maximum Gasteiger partial charge on any atom is 0.143 e. The Morgan fingerprint density at radius 3 is 3.07 bits per heavy atom. The van der Waals surface area contributed by atoms with E-state index in [2.05, 4.69) is 20.5 Å². The molecule has 5 heteroatoms. The molecule has 0 spiro atoms. The molecule has 0 fully saturated rings. The molecule has 15 heavy (non-hydrogen) atoms. The summed E-state index contributed by atoms with van der Waals surface area (Å²) in [5.41, 5.74) is 8.63. The minimum Gasteiger partial charge on any atom is -0.399 e. The highest BCUT2D eigenvalue weighted by Crippen LogP contribution is 2.18. The molecule has 2 rings (SSSR count). The molecule has 5 nitrogen and oxygen atoms in total. The molecule has 0 aliphatic rings. The first-order chi connectivity index (χ1) is 7.25. The van der Waals surface area contributed by atoms with Crippen LogP contribution < -0.4 is 11.1 Å². The Hall–Kier alpha value is -2.04. The molecule has 0 radical (unpaired) electrons. The number of aryl methyl sites for hydroxylation is 1. The summed E-state index contributed by atoms with van der Waals surface area (Å²) in [6.45, 7) is 2.65. The second-order valence-electron chi connectivity index (χ2n) is 3.36. The SMILES string of the molecule is Cc1ccc(N)cc1NCc1ncn[nH]1. The second kappa shape index (κ2) is 4.00. The summed E-state index contributed by atoms with van der Waals surface area (Å²) < 4.78 is 0. The lowest BCUT2D eigenvalue weighted by molar-refractivity contribution is 0.953. The molecule has 1 aromatic heterocycles. The first kappa shape index (κ1) is 9.51. The number of aromatic nitrogens is 3. The van der Waals surface area contributed by atoms with Crippen LogP contribution in [0.25, 0.3) is 0 Å². The summed E-state index contributed by atoms with van der Waals surface area (Å²) in [5.74, 6) is 0.803. The summed E-state index contributed by atoms with van der Waals surface area (Å²) >= 11 is 0. The average Bonchev–Trinajstić information content (AvgIpc) is 2.72. The number of anilines is 2. The fourth-order valence-electron chi connectivity index (χ4n) is 1.32. The van der Waals surface area contributed by atoms with Crippen LogP contribution in [0.3, 0.4) is 0 Å². The van der Waals surface area contributed by atoms with Gasteiger partial charge in [-0.15, -0.1) is 0 Å². The average molecular weight is 203 g/mol. The van der Waals surface area contributed by atoms with Crippen LogP contribution in [-0.4, -0.2) is 15.2 Å². The van der Waals surface area contributed by atoms with Gasteiger partial charge < -0.3 is 11.1 Å². The van der Waals surface area contributed by atoms with Crippen molar-refractivity contribution < 1.29 is 0 Å². The molecular weight excluding hydrogens is 190 g/mol. The van der Waals surface area contributed by atoms with Crippen molar-refractivity contribution in [2.75, 3.05) is 11.1 Å². The number of benzene rings is 1. The van der Waals surface area contributed by atoms with E-state index in [4.69, 9.17) is 5.73 Å². The molecule has 0 aliphatic carbocycles. The number of nitrogens with zero attached hydrogens (tertiary/aromatic N) is 2. The van der Waals surface area contributed by atoms with Crippen molar-refractivity contribution in [1.82, 2.24) is 15.2 Å². The molecule has 0 atom stereocenters. The van der Waals surface area contributed by atoms with E-state index in [1.54, 1.807) is 0 Å². The molecule has 0 unspecified atom stereocenters. The monoisotopic (exact) mass is 203 g/mol. The molecule has 4 N–H and O–H groups in total. The highest BCUT2D eigenvalue weighted by molar-refractivity contribution is 5.59. The van der Waals surface area contributed by atoms with Crippen molar-refractivity contribution in [3.8, 4) is 0 Å². The van der Waals surface area contributed by atoms with Crippen LogP contribution in [0.1, 0.15) is 11.4 Å². The van der Waals surface area contributed by atoms with Gasteiger partial charge in [-0.05, 0) is 24.6 Å². The van der Waals surface area contributed by atoms with Crippen LogP contribution in [0.5, 0.6) is 0 Å². The summed E-state index contributed by atoms with van der Waals surface area (Å²) in [7, 11) is 0. The van der Waals surface area contributed by atoms with Gasteiger partial charge in [0.1, 0.15) is 12.2 Å². The van der Waals surface area contributed by atoms with Gasteiger partial charge in [0.25, 0.3) is 0 Å². The summed E-state index contributed by atoms with van der Waals surface area (Å²) in [6, 6.07) is 5.78. The fraction of sp³-hybridized carbons (Fsp3) is 0.200. The second-order valence-corrected chi connectivity index (χ2v) is 3.36. The number of rotatable bonds is 3. The highest BCUT2D eigenvalue weighted by Gasteiger charge is 1.99. The number of H-pyrrole nitrogens is 1. The number of nitrogen functional groups attached to an aromatic ring is 1. The minimum atomic E-state index is 0.615. The molecule has 1 heterocycles. The van der Waals surface area contributed by atoms with Crippen molar-refractivity contribution in [3.63, 3.8) is 0 Å². The Bertz CT molecular complexity index is 435. The van der Waals surface area contributed by atoms with Crippen LogP contribution >= 0.6 is 0 Å². The van der Waals surface area contributed by atoms with E-state index < -0.39 is 0 Å². The predicted molar refractivity (Wildman–Crippen MR) is 59.3 cm³/mol. The van der Waals surface area contributed by atoms with Crippen molar-refractivity contribution in [2.45, 2.75) is 13.5 Å². The van der Waals surface area contributed by atoms with Crippen LogP contribution in [0.15, 0.2) is 24.5 Å². The normalized spacial score (nSPS) is 10.2. The molecular formula is C10H13N5. The van der Waals surface area contributed by atoms with E-state index in [0.29, 0.717) is 6.54 Å². The van der Waals surface area contributed by atoms with Gasteiger partial charge in [0.2, 0.25) is 0 Å². The van der Waals surface area contributed by atoms with Gasteiger partial charge in [0.05, 0.1) is 6.54 Å². The molecule has 0 bridgehead atoms. The number of hydrogen-bond acceptors (Lipinski definition) is 4. The first-order valence-electron chi connectivity index (χ1n) is 4.70. The Balaban J connectivity index is 2.07. The van der Waals surface area contributed by atoms with Crippen LogP contribution in [0.2, 0.25) is 0 Å². The zero-order valence-electron chi connectivity index (χ0n) is 8.49. The predicted octanol–water partition coefficient (Wildman–Crippen LogP) is 1.31. The molecule has 1 aromatic carbocycles. The lowest BCUT2D eigenvalue weighted by Crippen LogP contribution is -2.03. The Morgan fingerprint density at radius 2 is 2.33 bits per heavy atom. The smallest absolute Gasteiger partial charge is 0.143 e. The largest absolute Gasteiger partial charge is 0.399 e. The van der Waals surface area contributed by atoms with Gasteiger partial charge in [0.15, 0.2) is 0 Å². The van der Waals surface area contributed by atoms with E-state index in [-0.39, 0.29) is 0 Å². The third kappa shape index (κ3) is 2.25. The number of aromatic amines is 1. The summed E-state index contributed by atoms with van der Waals surface area (Å²) in [6.07, 6.45) is 1.49. The van der Waals surface area contributed by atoms with Gasteiger partial charge in [-0.25, -0.2) is 4.98 Å². The fourth-order valence-corrected chi connectivity index (χ4v) is 1.32. The lowest BCUT2D eigenvalue weighted by atomic mass is 10.2.